The Balaban J connectivity index is 1.53. The lowest BCUT2D eigenvalue weighted by Crippen LogP contribution is -2.35. The summed E-state index contributed by atoms with van der Waals surface area (Å²) in [4.78, 5) is 37.6. The van der Waals surface area contributed by atoms with Crippen LogP contribution in [0.25, 0.3) is 0 Å². The Bertz CT molecular complexity index is 821. The van der Waals surface area contributed by atoms with Gasteiger partial charge in [0.25, 0.3) is 11.8 Å². The van der Waals surface area contributed by atoms with E-state index in [0.717, 1.165) is 19.3 Å². The number of thiophene rings is 1. The monoisotopic (exact) mass is 360 g/mol. The third kappa shape index (κ3) is 3.99. The first-order chi connectivity index (χ1) is 11.9. The molecule has 2 heterocycles. The van der Waals surface area contributed by atoms with E-state index in [9.17, 15) is 14.4 Å². The highest BCUT2D eigenvalue weighted by atomic mass is 32.1. The summed E-state index contributed by atoms with van der Waals surface area (Å²) in [6.07, 6.45) is 4.80. The Morgan fingerprint density at radius 3 is 2.92 bits per heavy atom. The number of nitrogens with one attached hydrogen (secondary N) is 1. The predicted octanol–water partition coefficient (Wildman–Crippen LogP) is 2.32. The Kier molecular flexibility index (Phi) is 5.03. The average molecular weight is 360 g/mol. The van der Waals surface area contributed by atoms with Crippen molar-refractivity contribution in [2.45, 2.75) is 26.2 Å². The number of ether oxygens (including phenoxy) is 1. The fourth-order valence-electron chi connectivity index (χ4n) is 2.93. The summed E-state index contributed by atoms with van der Waals surface area (Å²) >= 11 is 1.43. The lowest BCUT2D eigenvalue weighted by Gasteiger charge is -2.16. The molecule has 1 aliphatic rings. The summed E-state index contributed by atoms with van der Waals surface area (Å²) in [6, 6.07) is 5.18. The number of esters is 1. The number of amides is 2. The van der Waals surface area contributed by atoms with Gasteiger partial charge in [0.15, 0.2) is 6.61 Å². The molecule has 1 unspecified atom stereocenters. The lowest BCUT2D eigenvalue weighted by atomic mass is 9.90. The van der Waals surface area contributed by atoms with Gasteiger partial charge in [0.1, 0.15) is 10.6 Å². The molecule has 0 bridgehead atoms. The summed E-state index contributed by atoms with van der Waals surface area (Å²) in [5.74, 6) is -1.06. The number of rotatable bonds is 4. The van der Waals surface area contributed by atoms with Crippen LogP contribution in [0.4, 0.5) is 0 Å². The molecule has 0 fully saturated rings. The van der Waals surface area contributed by atoms with Gasteiger partial charge in [-0.25, -0.2) is 4.79 Å². The molecule has 2 aromatic heterocycles. The summed E-state index contributed by atoms with van der Waals surface area (Å²) < 4.78 is 6.65. The van der Waals surface area contributed by atoms with Gasteiger partial charge in [0, 0.05) is 18.1 Å². The van der Waals surface area contributed by atoms with Gasteiger partial charge in [-0.05, 0) is 48.9 Å². The molecular formula is C18H20N2O4S. The van der Waals surface area contributed by atoms with Crippen LogP contribution in [0.15, 0.2) is 24.4 Å². The number of hydrogen-bond donors (Lipinski definition) is 1. The number of carbonyl (C=O) groups is 3. The Morgan fingerprint density at radius 2 is 2.20 bits per heavy atom. The highest BCUT2D eigenvalue weighted by Gasteiger charge is 2.22. The molecule has 0 spiro atoms. The SMILES string of the molecule is CC1CCc2sc(C(=O)OCC(=O)NC(=O)c3cccn3C)cc2C1. The van der Waals surface area contributed by atoms with E-state index in [1.54, 1.807) is 29.9 Å². The topological polar surface area (TPSA) is 77.4 Å². The first kappa shape index (κ1) is 17.4. The zero-order valence-corrected chi connectivity index (χ0v) is 15.0. The average Bonchev–Trinajstić information content (AvgIpc) is 3.18. The first-order valence-electron chi connectivity index (χ1n) is 8.18. The van der Waals surface area contributed by atoms with Crippen LogP contribution in [0.1, 0.15) is 43.9 Å². The molecular weight excluding hydrogens is 340 g/mol. The van der Waals surface area contributed by atoms with Crippen LogP contribution in [-0.2, 0) is 29.4 Å². The van der Waals surface area contributed by atoms with E-state index in [-0.39, 0.29) is 0 Å². The number of fused-ring (bicyclic) bond motifs is 1. The highest BCUT2D eigenvalue weighted by Crippen LogP contribution is 2.32. The molecule has 1 aliphatic carbocycles. The van der Waals surface area contributed by atoms with Crippen LogP contribution in [-0.4, -0.2) is 29.0 Å². The molecule has 0 radical (unpaired) electrons. The quantitative estimate of drug-likeness (QED) is 0.849. The van der Waals surface area contributed by atoms with E-state index in [1.165, 1.54) is 21.8 Å². The molecule has 0 aromatic carbocycles. The van der Waals surface area contributed by atoms with Crippen molar-refractivity contribution in [1.29, 1.82) is 0 Å². The zero-order chi connectivity index (χ0) is 18.0. The summed E-state index contributed by atoms with van der Waals surface area (Å²) in [5.41, 5.74) is 1.57. The normalized spacial score (nSPS) is 16.2. The second-order valence-corrected chi connectivity index (χ2v) is 7.50. The van der Waals surface area contributed by atoms with Crippen LogP contribution in [0.3, 0.4) is 0 Å². The Morgan fingerprint density at radius 1 is 1.40 bits per heavy atom. The number of carbonyl (C=O) groups excluding carboxylic acids is 3. The third-order valence-corrected chi connectivity index (χ3v) is 5.51. The van der Waals surface area contributed by atoms with Gasteiger partial charge >= 0.3 is 5.97 Å². The number of nitrogens with zero attached hydrogens (tertiary/aromatic N) is 1. The van der Waals surface area contributed by atoms with Gasteiger partial charge in [-0.3, -0.25) is 14.9 Å². The van der Waals surface area contributed by atoms with Crippen molar-refractivity contribution in [2.24, 2.45) is 13.0 Å². The zero-order valence-electron chi connectivity index (χ0n) is 14.2. The van der Waals surface area contributed by atoms with Crippen molar-refractivity contribution < 1.29 is 19.1 Å². The Labute approximate surface area is 149 Å². The van der Waals surface area contributed by atoms with Crippen molar-refractivity contribution in [3.63, 3.8) is 0 Å². The van der Waals surface area contributed by atoms with Crippen molar-refractivity contribution in [3.8, 4) is 0 Å². The molecule has 2 amide bonds. The van der Waals surface area contributed by atoms with E-state index < -0.39 is 24.4 Å². The predicted molar refractivity (Wildman–Crippen MR) is 93.7 cm³/mol. The molecule has 1 atom stereocenters. The van der Waals surface area contributed by atoms with Crippen LogP contribution < -0.4 is 5.32 Å². The third-order valence-electron chi connectivity index (χ3n) is 4.29. The minimum Gasteiger partial charge on any atom is -0.451 e. The fraction of sp³-hybridized carbons (Fsp3) is 0.389. The number of aromatic nitrogens is 1. The molecule has 7 heteroatoms. The van der Waals surface area contributed by atoms with Crippen LogP contribution in [0, 0.1) is 5.92 Å². The maximum Gasteiger partial charge on any atom is 0.348 e. The maximum atomic E-state index is 12.1. The van der Waals surface area contributed by atoms with Crippen LogP contribution in [0.2, 0.25) is 0 Å². The molecule has 3 rings (SSSR count). The number of hydrogen-bond acceptors (Lipinski definition) is 5. The maximum absolute atomic E-state index is 12.1. The lowest BCUT2D eigenvalue weighted by molar-refractivity contribution is -0.123. The molecule has 1 N–H and O–H groups in total. The second-order valence-electron chi connectivity index (χ2n) is 6.36. The minimum atomic E-state index is -0.644. The van der Waals surface area contributed by atoms with Gasteiger partial charge in [0.05, 0.1) is 0 Å². The molecule has 0 saturated heterocycles. The van der Waals surface area contributed by atoms with E-state index in [1.807, 2.05) is 6.07 Å². The van der Waals surface area contributed by atoms with Crippen molar-refractivity contribution in [3.05, 3.63) is 45.4 Å². The van der Waals surface area contributed by atoms with Crippen LogP contribution in [0.5, 0.6) is 0 Å². The van der Waals surface area contributed by atoms with Gasteiger partial charge in [-0.15, -0.1) is 11.3 Å². The van der Waals surface area contributed by atoms with E-state index in [2.05, 4.69) is 12.2 Å². The number of aryl methyl sites for hydroxylation is 2. The summed E-state index contributed by atoms with van der Waals surface area (Å²) in [6.45, 7) is 1.72. The van der Waals surface area contributed by atoms with Gasteiger partial charge in [0.2, 0.25) is 0 Å². The number of imide groups is 1. The van der Waals surface area contributed by atoms with Gasteiger partial charge in [-0.2, -0.15) is 0 Å². The summed E-state index contributed by atoms with van der Waals surface area (Å²) in [5, 5.41) is 2.21. The van der Waals surface area contributed by atoms with Crippen molar-refractivity contribution in [1.82, 2.24) is 9.88 Å². The molecule has 0 aliphatic heterocycles. The minimum absolute atomic E-state index is 0.361. The fourth-order valence-corrected chi connectivity index (χ4v) is 4.03. The first-order valence-corrected chi connectivity index (χ1v) is 9.00. The largest absolute Gasteiger partial charge is 0.451 e. The Hall–Kier alpha value is -2.41. The standard InChI is InChI=1S/C18H20N2O4S/c1-11-5-6-14-12(8-11)9-15(25-14)18(23)24-10-16(21)19-17(22)13-4-3-7-20(13)2/h3-4,7,9,11H,5-6,8,10H2,1-2H3,(H,19,21,22). The molecule has 25 heavy (non-hydrogen) atoms. The summed E-state index contributed by atoms with van der Waals surface area (Å²) in [7, 11) is 1.71. The van der Waals surface area contributed by atoms with Gasteiger partial charge in [-0.1, -0.05) is 6.92 Å². The highest BCUT2D eigenvalue weighted by molar-refractivity contribution is 7.14. The molecule has 6 nitrogen and oxygen atoms in total. The van der Waals surface area contributed by atoms with E-state index in [0.29, 0.717) is 16.5 Å². The van der Waals surface area contributed by atoms with Crippen molar-refractivity contribution >= 4 is 29.1 Å². The smallest absolute Gasteiger partial charge is 0.348 e. The molecule has 2 aromatic rings. The second kappa shape index (κ2) is 7.23. The van der Waals surface area contributed by atoms with E-state index >= 15 is 0 Å². The van der Waals surface area contributed by atoms with Crippen molar-refractivity contribution in [2.75, 3.05) is 6.61 Å². The van der Waals surface area contributed by atoms with E-state index in [4.69, 9.17) is 4.74 Å². The van der Waals surface area contributed by atoms with Gasteiger partial charge < -0.3 is 9.30 Å². The molecule has 132 valence electrons. The van der Waals surface area contributed by atoms with Crippen LogP contribution >= 0.6 is 11.3 Å². The molecule has 0 saturated carbocycles.